The standard InChI is InChI=1S/C28H31NS/c1-19-16-23-24(27(4,5)11-10-26(23,2)3)18-22(19)28(12-13-28)21-8-6-20(7-9-21)17-25-29-14-15-30-25/h6-11,14-16,18H,12-13,17H2,1-5H3. The zero-order valence-electron chi connectivity index (χ0n) is 18.8. The summed E-state index contributed by atoms with van der Waals surface area (Å²) in [5.74, 6) is 0. The second-order valence-electron chi connectivity index (χ2n) is 10.4. The van der Waals surface area contributed by atoms with Gasteiger partial charge < -0.3 is 0 Å². The molecule has 0 unspecified atom stereocenters. The number of thiazole rings is 1. The molecule has 1 fully saturated rings. The third-order valence-corrected chi connectivity index (χ3v) is 8.06. The van der Waals surface area contributed by atoms with Crippen molar-refractivity contribution in [2.75, 3.05) is 0 Å². The third kappa shape index (κ3) is 3.17. The molecule has 0 amide bonds. The number of aromatic nitrogens is 1. The van der Waals surface area contributed by atoms with Gasteiger partial charge in [-0.1, -0.05) is 76.2 Å². The van der Waals surface area contributed by atoms with E-state index in [1.165, 1.54) is 51.2 Å². The fourth-order valence-electron chi connectivity index (χ4n) is 5.18. The average molecular weight is 414 g/mol. The minimum absolute atomic E-state index is 0.0843. The first-order valence-electron chi connectivity index (χ1n) is 11.1. The molecular formula is C28H31NS. The van der Waals surface area contributed by atoms with E-state index >= 15 is 0 Å². The van der Waals surface area contributed by atoms with Crippen LogP contribution in [0, 0.1) is 6.92 Å². The zero-order chi connectivity index (χ0) is 21.1. The number of aryl methyl sites for hydroxylation is 1. The Balaban J connectivity index is 1.53. The Morgan fingerprint density at radius 3 is 2.07 bits per heavy atom. The molecule has 1 aromatic heterocycles. The number of rotatable bonds is 4. The lowest BCUT2D eigenvalue weighted by Crippen LogP contribution is -2.30. The van der Waals surface area contributed by atoms with E-state index in [1.54, 1.807) is 11.3 Å². The van der Waals surface area contributed by atoms with E-state index in [1.807, 2.05) is 6.20 Å². The molecule has 2 aliphatic rings. The van der Waals surface area contributed by atoms with Crippen LogP contribution in [0.3, 0.4) is 0 Å². The predicted octanol–water partition coefficient (Wildman–Crippen LogP) is 7.25. The van der Waals surface area contributed by atoms with E-state index in [4.69, 9.17) is 0 Å². The Hall–Kier alpha value is -2.19. The van der Waals surface area contributed by atoms with Crippen LogP contribution in [-0.4, -0.2) is 4.98 Å². The molecule has 1 heterocycles. The second kappa shape index (κ2) is 6.65. The lowest BCUT2D eigenvalue weighted by molar-refractivity contribution is 0.560. The Morgan fingerprint density at radius 2 is 1.50 bits per heavy atom. The number of hydrogen-bond donors (Lipinski definition) is 0. The van der Waals surface area contributed by atoms with E-state index in [0.717, 1.165) is 6.42 Å². The van der Waals surface area contributed by atoms with Crippen LogP contribution >= 0.6 is 11.3 Å². The van der Waals surface area contributed by atoms with Crippen LogP contribution in [0.25, 0.3) is 0 Å². The third-order valence-electron chi connectivity index (χ3n) is 7.28. The molecule has 0 N–H and O–H groups in total. The van der Waals surface area contributed by atoms with Gasteiger partial charge >= 0.3 is 0 Å². The molecule has 5 rings (SSSR count). The summed E-state index contributed by atoms with van der Waals surface area (Å²) < 4.78 is 0. The van der Waals surface area contributed by atoms with Crippen molar-refractivity contribution >= 4 is 11.3 Å². The number of benzene rings is 2. The van der Waals surface area contributed by atoms with Gasteiger partial charge in [-0.05, 0) is 53.1 Å². The van der Waals surface area contributed by atoms with Gasteiger partial charge in [-0.2, -0.15) is 0 Å². The van der Waals surface area contributed by atoms with E-state index in [-0.39, 0.29) is 16.2 Å². The highest BCUT2D eigenvalue weighted by molar-refractivity contribution is 7.09. The predicted molar refractivity (Wildman–Crippen MR) is 128 cm³/mol. The molecule has 0 radical (unpaired) electrons. The van der Waals surface area contributed by atoms with Crippen LogP contribution in [0.15, 0.2) is 60.1 Å². The first-order chi connectivity index (χ1) is 14.2. The van der Waals surface area contributed by atoms with Gasteiger partial charge in [0.15, 0.2) is 0 Å². The second-order valence-corrected chi connectivity index (χ2v) is 11.4. The summed E-state index contributed by atoms with van der Waals surface area (Å²) in [7, 11) is 0. The summed E-state index contributed by atoms with van der Waals surface area (Å²) in [6.07, 6.45) is 10.1. The molecule has 2 aromatic carbocycles. The summed E-state index contributed by atoms with van der Waals surface area (Å²) >= 11 is 1.73. The molecule has 1 saturated carbocycles. The topological polar surface area (TPSA) is 12.9 Å². The van der Waals surface area contributed by atoms with Crippen LogP contribution < -0.4 is 0 Å². The molecule has 0 bridgehead atoms. The zero-order valence-corrected chi connectivity index (χ0v) is 19.6. The first kappa shape index (κ1) is 19.8. The van der Waals surface area contributed by atoms with E-state index in [2.05, 4.69) is 93.5 Å². The maximum absolute atomic E-state index is 4.43. The first-order valence-corrected chi connectivity index (χ1v) is 11.9. The van der Waals surface area contributed by atoms with Crippen LogP contribution in [0.4, 0.5) is 0 Å². The lowest BCUT2D eigenvalue weighted by atomic mass is 9.66. The minimum atomic E-state index is 0.0843. The van der Waals surface area contributed by atoms with Gasteiger partial charge in [0.25, 0.3) is 0 Å². The molecular weight excluding hydrogens is 382 g/mol. The van der Waals surface area contributed by atoms with Gasteiger partial charge in [-0.25, -0.2) is 4.98 Å². The molecule has 0 saturated heterocycles. The fourth-order valence-corrected chi connectivity index (χ4v) is 5.83. The monoisotopic (exact) mass is 413 g/mol. The van der Waals surface area contributed by atoms with Crippen LogP contribution in [-0.2, 0) is 22.7 Å². The summed E-state index contributed by atoms with van der Waals surface area (Å²) in [4.78, 5) is 4.43. The SMILES string of the molecule is Cc1cc2c(cc1C1(c3ccc(Cc4nccs4)cc3)CC1)C(C)(C)C=CC2(C)C. The number of allylic oxidation sites excluding steroid dienone is 2. The normalized spacial score (nSPS) is 20.0. The Labute approximate surface area is 184 Å². The van der Waals surface area contributed by atoms with E-state index < -0.39 is 0 Å². The molecule has 1 nitrogen and oxygen atoms in total. The number of hydrogen-bond acceptors (Lipinski definition) is 2. The van der Waals surface area contributed by atoms with Gasteiger partial charge in [-0.3, -0.25) is 0 Å². The lowest BCUT2D eigenvalue weighted by Gasteiger charge is -2.38. The highest BCUT2D eigenvalue weighted by Crippen LogP contribution is 2.56. The largest absolute Gasteiger partial charge is 0.249 e. The van der Waals surface area contributed by atoms with Crippen LogP contribution in [0.5, 0.6) is 0 Å². The van der Waals surface area contributed by atoms with Gasteiger partial charge in [0, 0.05) is 34.2 Å². The number of fused-ring (bicyclic) bond motifs is 1. The Bertz CT molecular complexity index is 1110. The van der Waals surface area contributed by atoms with Gasteiger partial charge in [-0.15, -0.1) is 11.3 Å². The minimum Gasteiger partial charge on any atom is -0.249 e. The van der Waals surface area contributed by atoms with E-state index in [9.17, 15) is 0 Å². The summed E-state index contributed by atoms with van der Waals surface area (Å²) in [5.41, 5.74) is 9.17. The molecule has 0 atom stereocenters. The van der Waals surface area contributed by atoms with E-state index in [0.29, 0.717) is 0 Å². The van der Waals surface area contributed by atoms with Crippen molar-refractivity contribution in [2.24, 2.45) is 0 Å². The average Bonchev–Trinajstić information content (AvgIpc) is 3.35. The maximum atomic E-state index is 4.43. The molecule has 2 heteroatoms. The molecule has 0 spiro atoms. The molecule has 3 aromatic rings. The molecule has 0 aliphatic heterocycles. The fraction of sp³-hybridized carbons (Fsp3) is 0.393. The highest BCUT2D eigenvalue weighted by atomic mass is 32.1. The highest BCUT2D eigenvalue weighted by Gasteiger charge is 2.47. The Morgan fingerprint density at radius 1 is 0.867 bits per heavy atom. The maximum Gasteiger partial charge on any atom is 0.0968 e. The van der Waals surface area contributed by atoms with Crippen molar-refractivity contribution in [1.82, 2.24) is 4.98 Å². The smallest absolute Gasteiger partial charge is 0.0968 e. The van der Waals surface area contributed by atoms with Crippen molar-refractivity contribution in [2.45, 2.75) is 70.1 Å². The van der Waals surface area contributed by atoms with Gasteiger partial charge in [0.05, 0.1) is 5.01 Å². The number of nitrogens with zero attached hydrogens (tertiary/aromatic N) is 1. The molecule has 30 heavy (non-hydrogen) atoms. The van der Waals surface area contributed by atoms with Crippen LogP contribution in [0.2, 0.25) is 0 Å². The van der Waals surface area contributed by atoms with Gasteiger partial charge in [0.1, 0.15) is 0 Å². The van der Waals surface area contributed by atoms with Gasteiger partial charge in [0.2, 0.25) is 0 Å². The van der Waals surface area contributed by atoms with Crippen molar-refractivity contribution < 1.29 is 0 Å². The Kier molecular flexibility index (Phi) is 4.38. The van der Waals surface area contributed by atoms with Crippen molar-refractivity contribution in [3.63, 3.8) is 0 Å². The summed E-state index contributed by atoms with van der Waals surface area (Å²) in [6.45, 7) is 11.7. The van der Waals surface area contributed by atoms with Crippen molar-refractivity contribution in [3.05, 3.63) is 98.5 Å². The molecule has 154 valence electrons. The quantitative estimate of drug-likeness (QED) is 0.411. The van der Waals surface area contributed by atoms with Crippen molar-refractivity contribution in [1.29, 1.82) is 0 Å². The molecule has 2 aliphatic carbocycles. The summed E-state index contributed by atoms with van der Waals surface area (Å²) in [6, 6.07) is 14.4. The van der Waals surface area contributed by atoms with Crippen molar-refractivity contribution in [3.8, 4) is 0 Å². The van der Waals surface area contributed by atoms with Crippen LogP contribution in [0.1, 0.15) is 78.9 Å². The summed E-state index contributed by atoms with van der Waals surface area (Å²) in [5, 5.41) is 3.24.